The van der Waals surface area contributed by atoms with Gasteiger partial charge >= 0.3 is 0 Å². The number of nitrogens with one attached hydrogen (secondary N) is 2. The monoisotopic (exact) mass is 536 g/mol. The maximum absolute atomic E-state index is 13.4. The molecule has 0 saturated heterocycles. The number of amides is 2. The van der Waals surface area contributed by atoms with Gasteiger partial charge in [0.1, 0.15) is 11.0 Å². The van der Waals surface area contributed by atoms with Gasteiger partial charge < -0.3 is 15.4 Å². The van der Waals surface area contributed by atoms with Crippen LogP contribution in [-0.2, 0) is 4.79 Å². The molecule has 182 valence electrons. The zero-order chi connectivity index (χ0) is 25.5. The minimum absolute atomic E-state index is 0.179. The predicted molar refractivity (Wildman–Crippen MR) is 148 cm³/mol. The topological polar surface area (TPSA) is 67.4 Å². The van der Waals surface area contributed by atoms with Crippen LogP contribution in [0.3, 0.4) is 0 Å². The molecule has 0 aromatic heterocycles. The minimum Gasteiger partial charge on any atom is -0.497 e. The molecule has 2 N–H and O–H groups in total. The van der Waals surface area contributed by atoms with Crippen molar-refractivity contribution in [1.82, 2.24) is 0 Å². The van der Waals surface area contributed by atoms with E-state index in [1.807, 2.05) is 66.7 Å². The molecule has 0 saturated carbocycles. The number of rotatable bonds is 8. The maximum atomic E-state index is 13.4. The number of ether oxygens (including phenoxy) is 1. The van der Waals surface area contributed by atoms with Gasteiger partial charge in [-0.15, -0.1) is 11.8 Å². The highest BCUT2D eigenvalue weighted by atomic mass is 35.5. The van der Waals surface area contributed by atoms with E-state index in [1.54, 1.807) is 31.4 Å². The number of methoxy groups -OCH3 is 1. The van der Waals surface area contributed by atoms with Crippen LogP contribution in [-0.4, -0.2) is 18.9 Å². The quantitative estimate of drug-likeness (QED) is 0.226. The number of anilines is 2. The van der Waals surface area contributed by atoms with Gasteiger partial charge in [0.15, 0.2) is 0 Å². The van der Waals surface area contributed by atoms with Gasteiger partial charge in [0.25, 0.3) is 5.91 Å². The van der Waals surface area contributed by atoms with Gasteiger partial charge in [-0.1, -0.05) is 65.7 Å². The second-order valence-electron chi connectivity index (χ2n) is 7.74. The molecule has 4 aromatic carbocycles. The summed E-state index contributed by atoms with van der Waals surface area (Å²) in [4.78, 5) is 26.9. The number of carbonyl (C=O) groups excluding carboxylic acids is 2. The highest BCUT2D eigenvalue weighted by Crippen LogP contribution is 2.37. The van der Waals surface area contributed by atoms with E-state index in [0.717, 1.165) is 10.5 Å². The van der Waals surface area contributed by atoms with Gasteiger partial charge in [0, 0.05) is 27.4 Å². The molecule has 1 unspecified atom stereocenters. The third-order valence-corrected chi connectivity index (χ3v) is 7.00. The van der Waals surface area contributed by atoms with Gasteiger partial charge in [0.2, 0.25) is 5.91 Å². The Kier molecular flexibility index (Phi) is 8.54. The Morgan fingerprint density at radius 3 is 2.25 bits per heavy atom. The van der Waals surface area contributed by atoms with E-state index in [9.17, 15) is 9.59 Å². The van der Waals surface area contributed by atoms with Crippen LogP contribution in [0.15, 0.2) is 102 Å². The molecular formula is C28H22Cl2N2O3S. The fourth-order valence-electron chi connectivity index (χ4n) is 3.46. The first-order valence-corrected chi connectivity index (χ1v) is 12.6. The molecular weight excluding hydrogens is 515 g/mol. The number of carbonyl (C=O) groups is 2. The summed E-state index contributed by atoms with van der Waals surface area (Å²) in [6.07, 6.45) is 0. The Balaban J connectivity index is 1.54. The Bertz CT molecular complexity index is 1380. The first-order valence-electron chi connectivity index (χ1n) is 11.0. The zero-order valence-electron chi connectivity index (χ0n) is 19.2. The van der Waals surface area contributed by atoms with E-state index < -0.39 is 5.25 Å². The molecule has 0 bridgehead atoms. The molecule has 36 heavy (non-hydrogen) atoms. The smallest absolute Gasteiger partial charge is 0.257 e. The van der Waals surface area contributed by atoms with Crippen LogP contribution in [0.1, 0.15) is 21.2 Å². The fourth-order valence-corrected chi connectivity index (χ4v) is 5.04. The molecule has 0 fully saturated rings. The van der Waals surface area contributed by atoms with E-state index in [0.29, 0.717) is 27.7 Å². The number of thioether (sulfide) groups is 1. The molecule has 0 aliphatic carbocycles. The lowest BCUT2D eigenvalue weighted by Gasteiger charge is -2.18. The van der Waals surface area contributed by atoms with Crippen molar-refractivity contribution in [3.8, 4) is 5.75 Å². The Hall–Kier alpha value is -3.45. The van der Waals surface area contributed by atoms with Crippen molar-refractivity contribution >= 4 is 58.2 Å². The van der Waals surface area contributed by atoms with Crippen LogP contribution in [0.5, 0.6) is 5.75 Å². The minimum atomic E-state index is -0.533. The molecule has 5 nitrogen and oxygen atoms in total. The second kappa shape index (κ2) is 12.0. The van der Waals surface area contributed by atoms with Crippen molar-refractivity contribution in [1.29, 1.82) is 0 Å². The van der Waals surface area contributed by atoms with Crippen molar-refractivity contribution in [2.24, 2.45) is 0 Å². The lowest BCUT2D eigenvalue weighted by molar-refractivity contribution is -0.115. The summed E-state index contributed by atoms with van der Waals surface area (Å²) in [5, 5.41) is 6.03. The van der Waals surface area contributed by atoms with Gasteiger partial charge in [0.05, 0.1) is 17.7 Å². The van der Waals surface area contributed by atoms with Crippen molar-refractivity contribution in [3.63, 3.8) is 0 Å². The molecule has 0 heterocycles. The largest absolute Gasteiger partial charge is 0.497 e. The summed E-state index contributed by atoms with van der Waals surface area (Å²) in [6, 6.07) is 28.8. The number of hydrogen-bond donors (Lipinski definition) is 2. The van der Waals surface area contributed by atoms with Crippen LogP contribution in [0, 0.1) is 0 Å². The first-order chi connectivity index (χ1) is 17.4. The SMILES string of the molecule is COc1cccc(NC(=O)C(Sc2cccc(NC(=O)c3ccc(Cl)cc3Cl)c2)c2ccccc2)c1. The van der Waals surface area contributed by atoms with Crippen molar-refractivity contribution < 1.29 is 14.3 Å². The highest BCUT2D eigenvalue weighted by molar-refractivity contribution is 8.00. The van der Waals surface area contributed by atoms with Gasteiger partial charge in [-0.25, -0.2) is 0 Å². The maximum Gasteiger partial charge on any atom is 0.257 e. The average molecular weight is 537 g/mol. The average Bonchev–Trinajstić information content (AvgIpc) is 2.88. The molecule has 0 aliphatic heterocycles. The summed E-state index contributed by atoms with van der Waals surface area (Å²) in [6.45, 7) is 0. The Labute approximate surface area is 223 Å². The summed E-state index contributed by atoms with van der Waals surface area (Å²) in [5.41, 5.74) is 2.39. The van der Waals surface area contributed by atoms with E-state index in [1.165, 1.54) is 17.8 Å². The van der Waals surface area contributed by atoms with E-state index in [-0.39, 0.29) is 16.8 Å². The van der Waals surface area contributed by atoms with Crippen molar-refractivity contribution in [2.75, 3.05) is 17.7 Å². The first kappa shape index (κ1) is 25.6. The summed E-state index contributed by atoms with van der Waals surface area (Å²) in [5.74, 6) is 0.122. The molecule has 4 rings (SSSR count). The Morgan fingerprint density at radius 2 is 1.53 bits per heavy atom. The molecule has 1 atom stereocenters. The predicted octanol–water partition coefficient (Wildman–Crippen LogP) is 7.73. The van der Waals surface area contributed by atoms with Crippen LogP contribution in [0.4, 0.5) is 11.4 Å². The van der Waals surface area contributed by atoms with Crippen LogP contribution in [0.2, 0.25) is 10.0 Å². The Morgan fingerprint density at radius 1 is 0.806 bits per heavy atom. The number of halogens is 2. The molecule has 8 heteroatoms. The van der Waals surface area contributed by atoms with E-state index >= 15 is 0 Å². The van der Waals surface area contributed by atoms with Gasteiger partial charge in [-0.3, -0.25) is 9.59 Å². The van der Waals surface area contributed by atoms with Crippen LogP contribution < -0.4 is 15.4 Å². The van der Waals surface area contributed by atoms with Gasteiger partial charge in [-0.2, -0.15) is 0 Å². The third-order valence-electron chi connectivity index (χ3n) is 5.20. The van der Waals surface area contributed by atoms with Gasteiger partial charge in [-0.05, 0) is 54.1 Å². The lowest BCUT2D eigenvalue weighted by Crippen LogP contribution is -2.19. The second-order valence-corrected chi connectivity index (χ2v) is 9.76. The van der Waals surface area contributed by atoms with E-state index in [4.69, 9.17) is 27.9 Å². The standard InChI is InChI=1S/C28H22Cl2N2O3S/c1-35-22-11-5-9-20(16-22)32-28(34)26(18-7-3-2-4-8-18)36-23-12-6-10-21(17-23)31-27(33)24-14-13-19(29)15-25(24)30/h2-17,26H,1H3,(H,31,33)(H,32,34). The fraction of sp³-hybridized carbons (Fsp3) is 0.0714. The summed E-state index contributed by atoms with van der Waals surface area (Å²) < 4.78 is 5.26. The highest BCUT2D eigenvalue weighted by Gasteiger charge is 2.23. The number of benzene rings is 4. The van der Waals surface area contributed by atoms with Crippen LogP contribution in [0.25, 0.3) is 0 Å². The van der Waals surface area contributed by atoms with Crippen molar-refractivity contribution in [3.05, 3.63) is 118 Å². The molecule has 0 aliphatic rings. The zero-order valence-corrected chi connectivity index (χ0v) is 21.5. The summed E-state index contributed by atoms with van der Waals surface area (Å²) >= 11 is 13.5. The molecule has 4 aromatic rings. The normalized spacial score (nSPS) is 11.4. The molecule has 0 radical (unpaired) electrons. The molecule has 0 spiro atoms. The summed E-state index contributed by atoms with van der Waals surface area (Å²) in [7, 11) is 1.58. The number of hydrogen-bond acceptors (Lipinski definition) is 4. The lowest BCUT2D eigenvalue weighted by atomic mass is 10.1. The van der Waals surface area contributed by atoms with Crippen molar-refractivity contribution in [2.45, 2.75) is 10.1 Å². The third kappa shape index (κ3) is 6.61. The van der Waals surface area contributed by atoms with Crippen LogP contribution >= 0.6 is 35.0 Å². The van der Waals surface area contributed by atoms with E-state index in [2.05, 4.69) is 10.6 Å². The molecule has 2 amide bonds.